The third-order valence-corrected chi connectivity index (χ3v) is 12.3. The number of benzene rings is 7. The second-order valence-electron chi connectivity index (χ2n) is 15.3. The van der Waals surface area contributed by atoms with Crippen molar-refractivity contribution in [3.63, 3.8) is 0 Å². The van der Waals surface area contributed by atoms with Gasteiger partial charge in [-0.2, -0.15) is 0 Å². The maximum absolute atomic E-state index is 7.03. The van der Waals surface area contributed by atoms with Crippen LogP contribution in [-0.2, 0) is 5.41 Å². The molecule has 1 aromatic heterocycles. The van der Waals surface area contributed by atoms with E-state index in [9.17, 15) is 0 Å². The summed E-state index contributed by atoms with van der Waals surface area (Å²) in [6.07, 6.45) is 9.74. The zero-order valence-electron chi connectivity index (χ0n) is 31.0. The third-order valence-electron chi connectivity index (χ3n) is 12.3. The van der Waals surface area contributed by atoms with Gasteiger partial charge in [0.15, 0.2) is 0 Å². The molecule has 2 aliphatic heterocycles. The molecule has 2 aliphatic carbocycles. The standard InChI is InChI=1S/C53H36N2O2/c1-2-14-33(15-3-1)52-54-46(35-26-28-41-40-20-8-12-24-48(40)56-50(41)31-35)32-47(55-52)39-19-5-4-16-36(39)34-27-29-45-51(30-34)57-49-25-13-11-23-44(49)53(45)42-21-9-6-17-37(42)38-18-7-10-22-43(38)53/h1-24,26-32,46,49H,25H2,(H,54,55). The SMILES string of the molecule is C1=CCC2Oc3cc(-c4ccccc4C4=CC(c5ccc6c(c5)oc5ccccc56)NC(c5ccccc5)=N4)ccc3C3(C2=C1)c1ccccc1-c1ccccc13. The van der Waals surface area contributed by atoms with Crippen molar-refractivity contribution in [3.05, 3.63) is 227 Å². The van der Waals surface area contributed by atoms with Crippen LogP contribution < -0.4 is 10.1 Å². The van der Waals surface area contributed by atoms with E-state index < -0.39 is 5.41 Å². The molecule has 0 radical (unpaired) electrons. The highest BCUT2D eigenvalue weighted by molar-refractivity contribution is 6.06. The number of hydrogen-bond acceptors (Lipinski definition) is 4. The van der Waals surface area contributed by atoms with Gasteiger partial charge in [0, 0.05) is 33.9 Å². The first-order valence-electron chi connectivity index (χ1n) is 19.8. The van der Waals surface area contributed by atoms with Crippen molar-refractivity contribution in [1.29, 1.82) is 0 Å². The van der Waals surface area contributed by atoms with Crippen molar-refractivity contribution in [3.8, 4) is 28.0 Å². The summed E-state index contributed by atoms with van der Waals surface area (Å²) in [5.41, 5.74) is 15.4. The fourth-order valence-corrected chi connectivity index (χ4v) is 9.83. The van der Waals surface area contributed by atoms with E-state index in [0.717, 1.165) is 73.5 Å². The lowest BCUT2D eigenvalue weighted by Gasteiger charge is -2.45. The van der Waals surface area contributed by atoms with E-state index in [1.165, 1.54) is 33.4 Å². The zero-order valence-corrected chi connectivity index (χ0v) is 31.0. The Bertz CT molecular complexity index is 3030. The summed E-state index contributed by atoms with van der Waals surface area (Å²) in [7, 11) is 0. The van der Waals surface area contributed by atoms with Crippen LogP contribution in [0.4, 0.5) is 0 Å². The molecule has 2 unspecified atom stereocenters. The molecule has 2 atom stereocenters. The van der Waals surface area contributed by atoms with Gasteiger partial charge in [-0.15, -0.1) is 0 Å². The zero-order chi connectivity index (χ0) is 37.5. The molecule has 57 heavy (non-hydrogen) atoms. The summed E-state index contributed by atoms with van der Waals surface area (Å²) in [5, 5.41) is 6.00. The van der Waals surface area contributed by atoms with Gasteiger partial charge < -0.3 is 14.5 Å². The van der Waals surface area contributed by atoms with E-state index in [1.807, 2.05) is 18.2 Å². The van der Waals surface area contributed by atoms with E-state index in [-0.39, 0.29) is 12.1 Å². The Morgan fingerprint density at radius 3 is 2.11 bits per heavy atom. The van der Waals surface area contributed by atoms with Crippen molar-refractivity contribution >= 4 is 33.5 Å². The Kier molecular flexibility index (Phi) is 7.00. The first-order chi connectivity index (χ1) is 28.2. The Labute approximate surface area is 330 Å². The summed E-state index contributed by atoms with van der Waals surface area (Å²) in [6, 6.07) is 58.4. The Hall–Kier alpha value is -7.17. The number of aliphatic imine (C=N–C) groups is 1. The van der Waals surface area contributed by atoms with Crippen LogP contribution in [0.3, 0.4) is 0 Å². The molecule has 0 fully saturated rings. The van der Waals surface area contributed by atoms with E-state index in [2.05, 4.69) is 175 Å². The predicted molar refractivity (Wildman–Crippen MR) is 230 cm³/mol. The number of fused-ring (bicyclic) bond motifs is 12. The second-order valence-corrected chi connectivity index (χ2v) is 15.3. The number of amidine groups is 1. The number of nitrogens with one attached hydrogen (secondary N) is 1. The van der Waals surface area contributed by atoms with E-state index >= 15 is 0 Å². The Balaban J connectivity index is 1.01. The van der Waals surface area contributed by atoms with Gasteiger partial charge in [0.1, 0.15) is 28.9 Å². The maximum Gasteiger partial charge on any atom is 0.135 e. The molecule has 3 heterocycles. The number of allylic oxidation sites excluding steroid dienone is 2. The number of para-hydroxylation sites is 1. The van der Waals surface area contributed by atoms with Crippen molar-refractivity contribution in [2.24, 2.45) is 4.99 Å². The molecule has 1 spiro atoms. The monoisotopic (exact) mass is 732 g/mol. The van der Waals surface area contributed by atoms with Crippen LogP contribution in [0.15, 0.2) is 203 Å². The minimum absolute atomic E-state index is 0.0674. The summed E-state index contributed by atoms with van der Waals surface area (Å²) in [5.74, 6) is 1.76. The van der Waals surface area contributed by atoms with E-state index in [4.69, 9.17) is 14.1 Å². The van der Waals surface area contributed by atoms with Gasteiger partial charge in [0.2, 0.25) is 0 Å². The average Bonchev–Trinajstić information content (AvgIpc) is 3.80. The molecule has 0 amide bonds. The lowest BCUT2D eigenvalue weighted by atomic mass is 9.63. The van der Waals surface area contributed by atoms with Crippen LogP contribution in [0, 0.1) is 0 Å². The van der Waals surface area contributed by atoms with Gasteiger partial charge in [-0.3, -0.25) is 0 Å². The molecule has 4 heteroatoms. The second kappa shape index (κ2) is 12.4. The first kappa shape index (κ1) is 32.1. The number of ether oxygens (including phenoxy) is 1. The van der Waals surface area contributed by atoms with Crippen LogP contribution in [0.2, 0.25) is 0 Å². The molecular formula is C53H36N2O2. The molecule has 7 aromatic carbocycles. The van der Waals surface area contributed by atoms with Gasteiger partial charge in [-0.05, 0) is 68.8 Å². The average molecular weight is 733 g/mol. The number of hydrogen-bond donors (Lipinski definition) is 1. The number of furan rings is 1. The molecule has 0 bridgehead atoms. The molecule has 1 N–H and O–H groups in total. The molecule has 270 valence electrons. The highest BCUT2D eigenvalue weighted by atomic mass is 16.5. The van der Waals surface area contributed by atoms with Crippen molar-refractivity contribution in [2.75, 3.05) is 0 Å². The molecule has 0 saturated carbocycles. The summed E-state index contributed by atoms with van der Waals surface area (Å²) >= 11 is 0. The van der Waals surface area contributed by atoms with Crippen molar-refractivity contribution in [2.45, 2.75) is 24.0 Å². The lowest BCUT2D eigenvalue weighted by molar-refractivity contribution is 0.205. The predicted octanol–water partition coefficient (Wildman–Crippen LogP) is 12.3. The van der Waals surface area contributed by atoms with Gasteiger partial charge in [-0.25, -0.2) is 4.99 Å². The van der Waals surface area contributed by atoms with Gasteiger partial charge >= 0.3 is 0 Å². The van der Waals surface area contributed by atoms with Gasteiger partial charge in [0.25, 0.3) is 0 Å². The molecule has 12 rings (SSSR count). The number of nitrogens with zero attached hydrogens (tertiary/aromatic N) is 1. The summed E-state index contributed by atoms with van der Waals surface area (Å²) < 4.78 is 13.4. The smallest absolute Gasteiger partial charge is 0.135 e. The van der Waals surface area contributed by atoms with Crippen LogP contribution >= 0.6 is 0 Å². The van der Waals surface area contributed by atoms with E-state index in [1.54, 1.807) is 0 Å². The fourth-order valence-electron chi connectivity index (χ4n) is 9.83. The van der Waals surface area contributed by atoms with Gasteiger partial charge in [0.05, 0.1) is 17.2 Å². The largest absolute Gasteiger partial charge is 0.485 e. The molecule has 0 saturated heterocycles. The quantitative estimate of drug-likeness (QED) is 0.196. The van der Waals surface area contributed by atoms with Crippen LogP contribution in [-0.4, -0.2) is 11.9 Å². The van der Waals surface area contributed by atoms with Crippen molar-refractivity contribution < 1.29 is 9.15 Å². The molecular weight excluding hydrogens is 697 g/mol. The summed E-state index contributed by atoms with van der Waals surface area (Å²) in [6.45, 7) is 0. The highest BCUT2D eigenvalue weighted by Gasteiger charge is 2.53. The fraction of sp³-hybridized carbons (Fsp3) is 0.0755. The van der Waals surface area contributed by atoms with Gasteiger partial charge in [-0.1, -0.05) is 164 Å². The van der Waals surface area contributed by atoms with E-state index in [0.29, 0.717) is 0 Å². The molecule has 4 aliphatic rings. The Morgan fingerprint density at radius 1 is 0.579 bits per heavy atom. The maximum atomic E-state index is 7.03. The Morgan fingerprint density at radius 2 is 1.28 bits per heavy atom. The highest BCUT2D eigenvalue weighted by Crippen LogP contribution is 2.61. The molecule has 4 nitrogen and oxygen atoms in total. The normalized spacial score (nSPS) is 18.4. The molecule has 8 aromatic rings. The van der Waals surface area contributed by atoms with Crippen LogP contribution in [0.25, 0.3) is 49.9 Å². The minimum Gasteiger partial charge on any atom is -0.485 e. The lowest BCUT2D eigenvalue weighted by Crippen LogP contribution is -2.42. The topological polar surface area (TPSA) is 46.8 Å². The van der Waals surface area contributed by atoms with Crippen molar-refractivity contribution in [1.82, 2.24) is 5.32 Å². The van der Waals surface area contributed by atoms with Crippen LogP contribution in [0.1, 0.15) is 45.8 Å². The summed E-state index contributed by atoms with van der Waals surface area (Å²) in [4.78, 5) is 5.33. The third kappa shape index (κ3) is 4.77. The minimum atomic E-state index is -0.436. The van der Waals surface area contributed by atoms with Crippen LogP contribution in [0.5, 0.6) is 5.75 Å². The first-order valence-corrected chi connectivity index (χ1v) is 19.8. The number of rotatable bonds is 4.